The van der Waals surface area contributed by atoms with E-state index < -0.39 is 0 Å². The van der Waals surface area contributed by atoms with Crippen LogP contribution in [0.25, 0.3) is 0 Å². The van der Waals surface area contributed by atoms with E-state index in [0.29, 0.717) is 5.56 Å². The first-order valence-electron chi connectivity index (χ1n) is 5.07. The number of hydrogen-bond donors (Lipinski definition) is 1. The quantitative estimate of drug-likeness (QED) is 0.936. The molecular formula is C11H10BrN5. The molecule has 2 aromatic rings. The largest absolute Gasteiger partial charge is 0.382 e. The van der Waals surface area contributed by atoms with Gasteiger partial charge in [-0.3, -0.25) is 4.68 Å². The van der Waals surface area contributed by atoms with E-state index in [4.69, 9.17) is 5.26 Å². The average molecular weight is 292 g/mol. The summed E-state index contributed by atoms with van der Waals surface area (Å²) in [6, 6.07) is 7.54. The van der Waals surface area contributed by atoms with E-state index in [2.05, 4.69) is 37.6 Å². The molecule has 1 N–H and O–H groups in total. The van der Waals surface area contributed by atoms with Crippen molar-refractivity contribution < 1.29 is 0 Å². The number of halogens is 1. The van der Waals surface area contributed by atoms with Crippen LogP contribution < -0.4 is 5.32 Å². The van der Waals surface area contributed by atoms with Crippen molar-refractivity contribution >= 4 is 21.6 Å². The van der Waals surface area contributed by atoms with Gasteiger partial charge in [0.1, 0.15) is 0 Å². The lowest BCUT2D eigenvalue weighted by Crippen LogP contribution is -2.11. The third kappa shape index (κ3) is 3.04. The van der Waals surface area contributed by atoms with Crippen molar-refractivity contribution in [1.29, 1.82) is 5.26 Å². The Morgan fingerprint density at radius 3 is 3.00 bits per heavy atom. The maximum absolute atomic E-state index is 8.74. The molecule has 6 heteroatoms. The van der Waals surface area contributed by atoms with Crippen LogP contribution in [0.2, 0.25) is 0 Å². The lowest BCUT2D eigenvalue weighted by Gasteiger charge is -2.08. The highest BCUT2D eigenvalue weighted by Gasteiger charge is 2.00. The first-order valence-corrected chi connectivity index (χ1v) is 5.86. The van der Waals surface area contributed by atoms with Crippen molar-refractivity contribution in [2.24, 2.45) is 0 Å². The van der Waals surface area contributed by atoms with Crippen molar-refractivity contribution in [2.75, 3.05) is 11.9 Å². The van der Waals surface area contributed by atoms with Crippen molar-refractivity contribution in [1.82, 2.24) is 15.0 Å². The predicted molar refractivity (Wildman–Crippen MR) is 67.4 cm³/mol. The van der Waals surface area contributed by atoms with Gasteiger partial charge in [0, 0.05) is 22.9 Å². The summed E-state index contributed by atoms with van der Waals surface area (Å²) in [6.45, 7) is 1.49. The van der Waals surface area contributed by atoms with Crippen LogP contribution in [0.15, 0.2) is 35.1 Å². The van der Waals surface area contributed by atoms with Crippen LogP contribution in [0.1, 0.15) is 5.56 Å². The SMILES string of the molecule is N#Cc1ccc(NCCn2ccnn2)c(Br)c1. The zero-order valence-electron chi connectivity index (χ0n) is 8.97. The zero-order valence-corrected chi connectivity index (χ0v) is 10.6. The molecule has 86 valence electrons. The summed E-state index contributed by atoms with van der Waals surface area (Å²) in [5.74, 6) is 0. The lowest BCUT2D eigenvalue weighted by molar-refractivity contribution is 0.609. The van der Waals surface area contributed by atoms with Crippen LogP contribution >= 0.6 is 15.9 Å². The second-order valence-corrected chi connectivity index (χ2v) is 4.25. The summed E-state index contributed by atoms with van der Waals surface area (Å²) in [5, 5.41) is 19.6. The lowest BCUT2D eigenvalue weighted by atomic mass is 10.2. The van der Waals surface area contributed by atoms with Gasteiger partial charge in [-0.15, -0.1) is 5.10 Å². The molecule has 0 radical (unpaired) electrons. The molecule has 2 rings (SSSR count). The van der Waals surface area contributed by atoms with Crippen LogP contribution in [-0.2, 0) is 6.54 Å². The van der Waals surface area contributed by atoms with Crippen LogP contribution in [0, 0.1) is 11.3 Å². The van der Waals surface area contributed by atoms with Gasteiger partial charge < -0.3 is 5.32 Å². The monoisotopic (exact) mass is 291 g/mol. The molecule has 0 aliphatic rings. The van der Waals surface area contributed by atoms with E-state index in [1.54, 1.807) is 23.0 Å². The summed E-state index contributed by atoms with van der Waals surface area (Å²) in [7, 11) is 0. The van der Waals surface area contributed by atoms with E-state index in [1.165, 1.54) is 0 Å². The summed E-state index contributed by atoms with van der Waals surface area (Å²) < 4.78 is 2.64. The number of nitriles is 1. The third-order valence-corrected chi connectivity index (χ3v) is 2.88. The summed E-state index contributed by atoms with van der Waals surface area (Å²) in [6.07, 6.45) is 3.47. The molecule has 0 aliphatic carbocycles. The maximum atomic E-state index is 8.74. The van der Waals surface area contributed by atoms with E-state index >= 15 is 0 Å². The van der Waals surface area contributed by atoms with Gasteiger partial charge in [0.2, 0.25) is 0 Å². The number of hydrogen-bond acceptors (Lipinski definition) is 4. The standard InChI is InChI=1S/C11H10BrN5/c12-10-7-9(8-13)1-2-11(10)14-3-5-17-6-4-15-16-17/h1-2,4,6-7,14H,3,5H2. The highest BCUT2D eigenvalue weighted by Crippen LogP contribution is 2.23. The molecule has 0 fully saturated rings. The Bertz CT molecular complexity index is 529. The molecule has 17 heavy (non-hydrogen) atoms. The number of benzene rings is 1. The fraction of sp³-hybridized carbons (Fsp3) is 0.182. The van der Waals surface area contributed by atoms with Crippen LogP contribution in [0.5, 0.6) is 0 Å². The minimum Gasteiger partial charge on any atom is -0.382 e. The number of aromatic nitrogens is 3. The first-order chi connectivity index (χ1) is 8.29. The molecule has 1 aromatic carbocycles. The van der Waals surface area contributed by atoms with Crippen LogP contribution in [-0.4, -0.2) is 21.5 Å². The van der Waals surface area contributed by atoms with Crippen LogP contribution in [0.3, 0.4) is 0 Å². The minimum absolute atomic E-state index is 0.638. The highest BCUT2D eigenvalue weighted by atomic mass is 79.9. The van der Waals surface area contributed by atoms with Gasteiger partial charge in [0.15, 0.2) is 0 Å². The molecule has 0 atom stereocenters. The second kappa shape index (κ2) is 5.46. The topological polar surface area (TPSA) is 66.5 Å². The Labute approximate surface area is 107 Å². The van der Waals surface area contributed by atoms with Crippen LogP contribution in [0.4, 0.5) is 5.69 Å². The molecule has 0 saturated carbocycles. The number of rotatable bonds is 4. The fourth-order valence-corrected chi connectivity index (χ4v) is 1.90. The molecule has 0 aliphatic heterocycles. The molecular weight excluding hydrogens is 282 g/mol. The fourth-order valence-electron chi connectivity index (χ4n) is 1.39. The number of anilines is 1. The maximum Gasteiger partial charge on any atom is 0.0992 e. The molecule has 0 bridgehead atoms. The Morgan fingerprint density at radius 2 is 2.35 bits per heavy atom. The minimum atomic E-state index is 0.638. The average Bonchev–Trinajstić information content (AvgIpc) is 2.84. The summed E-state index contributed by atoms with van der Waals surface area (Å²) in [4.78, 5) is 0. The van der Waals surface area contributed by atoms with E-state index in [1.807, 2.05) is 12.3 Å². The molecule has 1 heterocycles. The number of nitrogens with one attached hydrogen (secondary N) is 1. The first kappa shape index (κ1) is 11.6. The van der Waals surface area contributed by atoms with Gasteiger partial charge in [-0.1, -0.05) is 5.21 Å². The molecule has 0 unspecified atom stereocenters. The molecule has 1 aromatic heterocycles. The third-order valence-electron chi connectivity index (χ3n) is 2.23. The van der Waals surface area contributed by atoms with Crippen molar-refractivity contribution in [3.8, 4) is 6.07 Å². The van der Waals surface area contributed by atoms with E-state index in [9.17, 15) is 0 Å². The molecule has 0 saturated heterocycles. The molecule has 0 spiro atoms. The van der Waals surface area contributed by atoms with Crippen molar-refractivity contribution in [2.45, 2.75) is 6.54 Å². The number of nitrogens with zero attached hydrogens (tertiary/aromatic N) is 4. The highest BCUT2D eigenvalue weighted by molar-refractivity contribution is 9.10. The van der Waals surface area contributed by atoms with E-state index in [-0.39, 0.29) is 0 Å². The second-order valence-electron chi connectivity index (χ2n) is 3.40. The van der Waals surface area contributed by atoms with E-state index in [0.717, 1.165) is 23.2 Å². The van der Waals surface area contributed by atoms with Gasteiger partial charge in [0.25, 0.3) is 0 Å². The molecule has 5 nitrogen and oxygen atoms in total. The van der Waals surface area contributed by atoms with Crippen molar-refractivity contribution in [3.05, 3.63) is 40.6 Å². The Hall–Kier alpha value is -1.87. The zero-order chi connectivity index (χ0) is 12.1. The van der Waals surface area contributed by atoms with Gasteiger partial charge in [0.05, 0.1) is 24.4 Å². The van der Waals surface area contributed by atoms with Gasteiger partial charge in [-0.05, 0) is 34.1 Å². The Morgan fingerprint density at radius 1 is 1.47 bits per heavy atom. The predicted octanol–water partition coefficient (Wildman–Crippen LogP) is 2.02. The Balaban J connectivity index is 1.93. The van der Waals surface area contributed by atoms with Gasteiger partial charge >= 0.3 is 0 Å². The van der Waals surface area contributed by atoms with Gasteiger partial charge in [-0.25, -0.2) is 0 Å². The Kier molecular flexibility index (Phi) is 3.73. The summed E-state index contributed by atoms with van der Waals surface area (Å²) >= 11 is 3.42. The molecule has 0 amide bonds. The van der Waals surface area contributed by atoms with Gasteiger partial charge in [-0.2, -0.15) is 5.26 Å². The normalized spacial score (nSPS) is 9.88. The summed E-state index contributed by atoms with van der Waals surface area (Å²) in [5.41, 5.74) is 1.60. The van der Waals surface area contributed by atoms with Crippen molar-refractivity contribution in [3.63, 3.8) is 0 Å². The smallest absolute Gasteiger partial charge is 0.0992 e.